The summed E-state index contributed by atoms with van der Waals surface area (Å²) in [5.74, 6) is 0. The second-order valence-electron chi connectivity index (χ2n) is 1.13. The Labute approximate surface area is 61.1 Å². The molecule has 1 aromatic heterocycles. The smallest absolute Gasteiger partial charge is 0.150 e. The van der Waals surface area contributed by atoms with E-state index in [1.54, 1.807) is 18.0 Å². The van der Waals surface area contributed by atoms with Crippen LogP contribution in [0.15, 0.2) is 10.5 Å². The van der Waals surface area contributed by atoms with E-state index in [1.165, 1.54) is 11.3 Å². The van der Waals surface area contributed by atoms with Gasteiger partial charge in [-0.3, -0.25) is 0 Å². The Morgan fingerprint density at radius 3 is 2.88 bits per heavy atom. The summed E-state index contributed by atoms with van der Waals surface area (Å²) in [7, 11) is 0. The van der Waals surface area contributed by atoms with Crippen LogP contribution in [0.25, 0.3) is 0 Å². The van der Waals surface area contributed by atoms with Gasteiger partial charge in [-0.15, -0.1) is 0 Å². The first-order chi connectivity index (χ1) is 3.83. The summed E-state index contributed by atoms with van der Waals surface area (Å²) in [5, 5.41) is 0. The van der Waals surface area contributed by atoms with Crippen molar-refractivity contribution in [3.8, 4) is 0 Å². The van der Waals surface area contributed by atoms with Gasteiger partial charge in [-0.2, -0.15) is 0 Å². The van der Waals surface area contributed by atoms with Gasteiger partial charge in [-0.25, -0.2) is 4.98 Å². The molecule has 0 atom stereocenters. The van der Waals surface area contributed by atoms with Crippen LogP contribution in [-0.2, 0) is 0 Å². The topological polar surface area (TPSA) is 12.9 Å². The van der Waals surface area contributed by atoms with E-state index in [4.69, 9.17) is 11.6 Å². The number of rotatable bonds is 1. The molecule has 0 unspecified atom stereocenters. The molecule has 0 spiro atoms. The van der Waals surface area contributed by atoms with Crippen molar-refractivity contribution < 1.29 is 0 Å². The molecule has 4 heteroatoms. The Hall–Kier alpha value is 0.270. The van der Waals surface area contributed by atoms with Crippen molar-refractivity contribution in [2.45, 2.75) is 4.34 Å². The van der Waals surface area contributed by atoms with Crippen LogP contribution in [-0.4, -0.2) is 11.2 Å². The third-order valence-electron chi connectivity index (χ3n) is 0.631. The standard InChI is InChI=1S/C4H4ClNS2/c1-7-4-6-2-3(5)8-4/h2H,1H3. The van der Waals surface area contributed by atoms with Gasteiger partial charge in [-0.1, -0.05) is 34.7 Å². The van der Waals surface area contributed by atoms with Crippen LogP contribution >= 0.6 is 34.7 Å². The zero-order valence-electron chi connectivity index (χ0n) is 4.22. The van der Waals surface area contributed by atoms with E-state index in [1.807, 2.05) is 6.26 Å². The lowest BCUT2D eigenvalue weighted by atomic mass is 11.0. The Balaban J connectivity index is 2.84. The summed E-state index contributed by atoms with van der Waals surface area (Å²) in [6.45, 7) is 0. The monoisotopic (exact) mass is 165 g/mol. The maximum atomic E-state index is 5.58. The van der Waals surface area contributed by atoms with Gasteiger partial charge in [0.25, 0.3) is 0 Å². The first kappa shape index (κ1) is 6.39. The highest BCUT2D eigenvalue weighted by atomic mass is 35.5. The summed E-state index contributed by atoms with van der Waals surface area (Å²) < 4.78 is 1.78. The van der Waals surface area contributed by atoms with Gasteiger partial charge in [0.2, 0.25) is 0 Å². The molecular weight excluding hydrogens is 162 g/mol. The lowest BCUT2D eigenvalue weighted by Crippen LogP contribution is -1.57. The molecule has 8 heavy (non-hydrogen) atoms. The molecule has 0 radical (unpaired) electrons. The van der Waals surface area contributed by atoms with E-state index >= 15 is 0 Å². The number of thiazole rings is 1. The second kappa shape index (κ2) is 2.71. The predicted octanol–water partition coefficient (Wildman–Crippen LogP) is 2.52. The molecule has 0 saturated carbocycles. The Kier molecular flexibility index (Phi) is 2.16. The minimum Gasteiger partial charge on any atom is -0.237 e. The third-order valence-corrected chi connectivity index (χ3v) is 2.75. The fourth-order valence-corrected chi connectivity index (χ4v) is 1.88. The van der Waals surface area contributed by atoms with Crippen molar-refractivity contribution in [1.29, 1.82) is 0 Å². The molecule has 0 fully saturated rings. The van der Waals surface area contributed by atoms with Crippen molar-refractivity contribution in [1.82, 2.24) is 4.98 Å². The number of hydrogen-bond acceptors (Lipinski definition) is 3. The number of aromatic nitrogens is 1. The summed E-state index contributed by atoms with van der Waals surface area (Å²) in [4.78, 5) is 3.98. The molecule has 1 aromatic rings. The molecule has 0 saturated heterocycles. The summed E-state index contributed by atoms with van der Waals surface area (Å²) in [6, 6.07) is 0. The van der Waals surface area contributed by atoms with E-state index in [9.17, 15) is 0 Å². The molecule has 0 aliphatic carbocycles. The molecule has 1 rings (SSSR count). The zero-order valence-corrected chi connectivity index (χ0v) is 6.61. The van der Waals surface area contributed by atoms with Crippen molar-refractivity contribution >= 4 is 34.7 Å². The lowest BCUT2D eigenvalue weighted by molar-refractivity contribution is 1.26. The van der Waals surface area contributed by atoms with Crippen molar-refractivity contribution in [2.24, 2.45) is 0 Å². The molecule has 0 N–H and O–H groups in total. The molecule has 0 aliphatic rings. The van der Waals surface area contributed by atoms with Gasteiger partial charge in [0.15, 0.2) is 4.34 Å². The van der Waals surface area contributed by atoms with Crippen LogP contribution in [0, 0.1) is 0 Å². The van der Waals surface area contributed by atoms with Gasteiger partial charge >= 0.3 is 0 Å². The minimum atomic E-state index is 0.759. The maximum absolute atomic E-state index is 5.58. The SMILES string of the molecule is CSc1ncc(Cl)s1. The van der Waals surface area contributed by atoms with Crippen LogP contribution in [0.1, 0.15) is 0 Å². The highest BCUT2D eigenvalue weighted by Gasteiger charge is 1.94. The van der Waals surface area contributed by atoms with Gasteiger partial charge in [-0.05, 0) is 6.26 Å². The van der Waals surface area contributed by atoms with Gasteiger partial charge in [0, 0.05) is 0 Å². The molecule has 0 aliphatic heterocycles. The van der Waals surface area contributed by atoms with Crippen molar-refractivity contribution in [3.63, 3.8) is 0 Å². The fraction of sp³-hybridized carbons (Fsp3) is 0.250. The first-order valence-electron chi connectivity index (χ1n) is 1.98. The van der Waals surface area contributed by atoms with E-state index < -0.39 is 0 Å². The van der Waals surface area contributed by atoms with Crippen molar-refractivity contribution in [2.75, 3.05) is 6.26 Å². The van der Waals surface area contributed by atoms with Gasteiger partial charge < -0.3 is 0 Å². The lowest BCUT2D eigenvalue weighted by Gasteiger charge is -1.77. The molecule has 0 bridgehead atoms. The zero-order chi connectivity index (χ0) is 5.98. The average Bonchev–Trinajstić information content (AvgIpc) is 2.14. The van der Waals surface area contributed by atoms with Gasteiger partial charge in [0.05, 0.1) is 6.20 Å². The summed E-state index contributed by atoms with van der Waals surface area (Å²) >= 11 is 8.70. The van der Waals surface area contributed by atoms with E-state index in [-0.39, 0.29) is 0 Å². The minimum absolute atomic E-state index is 0.759. The molecule has 0 aromatic carbocycles. The highest BCUT2D eigenvalue weighted by Crippen LogP contribution is 2.24. The second-order valence-corrected chi connectivity index (χ2v) is 3.85. The van der Waals surface area contributed by atoms with Crippen LogP contribution in [0.2, 0.25) is 4.34 Å². The molecule has 1 heterocycles. The van der Waals surface area contributed by atoms with E-state index in [2.05, 4.69) is 4.98 Å². The first-order valence-corrected chi connectivity index (χ1v) is 4.40. The van der Waals surface area contributed by atoms with Crippen molar-refractivity contribution in [3.05, 3.63) is 10.5 Å². The van der Waals surface area contributed by atoms with Crippen LogP contribution in [0.5, 0.6) is 0 Å². The Morgan fingerprint density at radius 2 is 2.62 bits per heavy atom. The van der Waals surface area contributed by atoms with E-state index in [0.717, 1.165) is 8.68 Å². The van der Waals surface area contributed by atoms with Crippen LogP contribution in [0.3, 0.4) is 0 Å². The molecule has 1 nitrogen and oxygen atoms in total. The Bertz CT molecular complexity index is 174. The normalized spacial score (nSPS) is 9.75. The fourth-order valence-electron chi connectivity index (χ4n) is 0.334. The third kappa shape index (κ3) is 1.37. The summed E-state index contributed by atoms with van der Waals surface area (Å²) in [5.41, 5.74) is 0. The highest BCUT2D eigenvalue weighted by molar-refractivity contribution is 8.00. The number of thioether (sulfide) groups is 1. The molecular formula is C4H4ClNS2. The van der Waals surface area contributed by atoms with E-state index in [0.29, 0.717) is 0 Å². The predicted molar refractivity (Wildman–Crippen MR) is 38.9 cm³/mol. The molecule has 44 valence electrons. The largest absolute Gasteiger partial charge is 0.237 e. The quantitative estimate of drug-likeness (QED) is 0.594. The number of halogens is 1. The Morgan fingerprint density at radius 1 is 1.88 bits per heavy atom. The average molecular weight is 166 g/mol. The maximum Gasteiger partial charge on any atom is 0.150 e. The van der Waals surface area contributed by atoms with Crippen LogP contribution in [0.4, 0.5) is 0 Å². The summed E-state index contributed by atoms with van der Waals surface area (Å²) in [6.07, 6.45) is 3.65. The van der Waals surface area contributed by atoms with Crippen LogP contribution < -0.4 is 0 Å². The molecule has 0 amide bonds. The number of hydrogen-bond donors (Lipinski definition) is 0. The van der Waals surface area contributed by atoms with Gasteiger partial charge in [0.1, 0.15) is 4.34 Å². The number of nitrogens with zero attached hydrogens (tertiary/aromatic N) is 1.